The molecule has 2 nitrogen and oxygen atoms in total. The van der Waals surface area contributed by atoms with Crippen LogP contribution in [-0.4, -0.2) is 56.1 Å². The van der Waals surface area contributed by atoms with Gasteiger partial charge in [0.1, 0.15) is 0 Å². The molecular formula is C39H70N2Si. The lowest BCUT2D eigenvalue weighted by atomic mass is 9.73. The molecule has 2 saturated heterocycles. The second-order valence-corrected chi connectivity index (χ2v) is 23.5. The fourth-order valence-corrected chi connectivity index (χ4v) is 21.6. The van der Waals surface area contributed by atoms with Gasteiger partial charge in [-0.25, -0.2) is 0 Å². The molecule has 0 amide bonds. The maximum atomic E-state index is 3.05. The molecule has 42 heavy (non-hydrogen) atoms. The molecule has 0 radical (unpaired) electrons. The molecule has 240 valence electrons. The predicted molar refractivity (Wildman–Crippen MR) is 183 cm³/mol. The van der Waals surface area contributed by atoms with Crippen molar-refractivity contribution in [3.8, 4) is 0 Å². The van der Waals surface area contributed by atoms with E-state index >= 15 is 0 Å². The molecule has 16 atom stereocenters. The predicted octanol–water partition coefficient (Wildman–Crippen LogP) is 9.96. The van der Waals surface area contributed by atoms with Crippen molar-refractivity contribution in [2.75, 3.05) is 14.1 Å². The summed E-state index contributed by atoms with van der Waals surface area (Å²) in [7, 11) is 3.69. The van der Waals surface area contributed by atoms with E-state index in [9.17, 15) is 0 Å². The van der Waals surface area contributed by atoms with E-state index in [1.807, 2.05) is 0 Å². The summed E-state index contributed by atoms with van der Waals surface area (Å²) >= 11 is 0. The van der Waals surface area contributed by atoms with Crippen molar-refractivity contribution in [2.45, 2.75) is 172 Å². The minimum absolute atomic E-state index is 0.923. The summed E-state index contributed by atoms with van der Waals surface area (Å²) in [6, 6.07) is 3.73. The van der Waals surface area contributed by atoms with Crippen LogP contribution in [0.3, 0.4) is 0 Å². The molecule has 0 bridgehead atoms. The monoisotopic (exact) mass is 595 g/mol. The Labute approximate surface area is 262 Å². The van der Waals surface area contributed by atoms with Crippen molar-refractivity contribution in [2.24, 2.45) is 59.2 Å². The van der Waals surface area contributed by atoms with Crippen LogP contribution in [-0.2, 0) is 0 Å². The van der Waals surface area contributed by atoms with Gasteiger partial charge in [-0.1, -0.05) is 85.7 Å². The molecule has 3 heteroatoms. The van der Waals surface area contributed by atoms with Crippen molar-refractivity contribution >= 4 is 8.07 Å². The molecule has 0 N–H and O–H groups in total. The molecule has 8 rings (SSSR count). The third-order valence-electron chi connectivity index (χ3n) is 16.1. The van der Waals surface area contributed by atoms with Crippen molar-refractivity contribution in [1.29, 1.82) is 0 Å². The van der Waals surface area contributed by atoms with Crippen LogP contribution >= 0.6 is 0 Å². The number of nitrogens with zero attached hydrogens (tertiary/aromatic N) is 2. The van der Waals surface area contributed by atoms with Crippen molar-refractivity contribution in [3.63, 3.8) is 0 Å². The minimum atomic E-state index is -1.53. The highest BCUT2D eigenvalue weighted by molar-refractivity contribution is 6.80. The first-order valence-electron chi connectivity index (χ1n) is 19.6. The number of fused-ring (bicyclic) bond motifs is 10. The van der Waals surface area contributed by atoms with Crippen molar-refractivity contribution < 1.29 is 0 Å². The van der Waals surface area contributed by atoms with Crippen LogP contribution in [0.25, 0.3) is 0 Å². The smallest absolute Gasteiger partial charge is 0.0548 e. The first-order valence-corrected chi connectivity index (χ1v) is 22.8. The molecular weight excluding hydrogens is 525 g/mol. The van der Waals surface area contributed by atoms with Crippen LogP contribution in [0, 0.1) is 59.2 Å². The highest BCUT2D eigenvalue weighted by Gasteiger charge is 2.70. The van der Waals surface area contributed by atoms with E-state index in [-0.39, 0.29) is 0 Å². The Morgan fingerprint density at radius 2 is 0.881 bits per heavy atom. The van der Waals surface area contributed by atoms with Crippen LogP contribution in [0.4, 0.5) is 0 Å². The van der Waals surface area contributed by atoms with Gasteiger partial charge in [0, 0.05) is 24.2 Å². The van der Waals surface area contributed by atoms with Crippen LogP contribution in [0.15, 0.2) is 0 Å². The van der Waals surface area contributed by atoms with Gasteiger partial charge < -0.3 is 0 Å². The summed E-state index contributed by atoms with van der Waals surface area (Å²) in [6.45, 7) is 15.6. The Bertz CT molecular complexity index is 877. The molecule has 2 heterocycles. The molecule has 0 aromatic heterocycles. The van der Waals surface area contributed by atoms with Gasteiger partial charge >= 0.3 is 0 Å². The Balaban J connectivity index is 0.000000923. The van der Waals surface area contributed by atoms with E-state index in [0.717, 1.165) is 94.4 Å². The third-order valence-corrected chi connectivity index (χ3v) is 21.2. The molecule has 6 aliphatic carbocycles. The van der Waals surface area contributed by atoms with Gasteiger partial charge in [0.15, 0.2) is 0 Å². The van der Waals surface area contributed by atoms with Crippen LogP contribution in [0.2, 0.25) is 24.2 Å². The summed E-state index contributed by atoms with van der Waals surface area (Å²) < 4.78 is 0. The Hall–Kier alpha value is 0.137. The normalized spacial score (nSPS) is 53.7. The second-order valence-electron chi connectivity index (χ2n) is 18.6. The Kier molecular flexibility index (Phi) is 8.60. The van der Waals surface area contributed by atoms with E-state index in [4.69, 9.17) is 0 Å². The average Bonchev–Trinajstić information content (AvgIpc) is 3.66. The molecule has 16 unspecified atom stereocenters. The van der Waals surface area contributed by atoms with Gasteiger partial charge in [-0.3, -0.25) is 9.80 Å². The van der Waals surface area contributed by atoms with Gasteiger partial charge in [0.2, 0.25) is 0 Å². The molecule has 2 aliphatic heterocycles. The summed E-state index contributed by atoms with van der Waals surface area (Å²) in [5.41, 5.74) is 2.24. The van der Waals surface area contributed by atoms with Gasteiger partial charge in [0.05, 0.1) is 8.07 Å². The van der Waals surface area contributed by atoms with E-state index < -0.39 is 8.07 Å². The molecule has 0 spiro atoms. The largest absolute Gasteiger partial charge is 0.300 e. The van der Waals surface area contributed by atoms with Gasteiger partial charge in [-0.2, -0.15) is 0 Å². The summed E-state index contributed by atoms with van der Waals surface area (Å²) in [6.07, 6.45) is 22.9. The second kappa shape index (κ2) is 11.7. The Morgan fingerprint density at radius 1 is 0.524 bits per heavy atom. The molecule has 0 aromatic carbocycles. The lowest BCUT2D eigenvalue weighted by Gasteiger charge is -2.51. The zero-order chi connectivity index (χ0) is 29.5. The number of hydrogen-bond acceptors (Lipinski definition) is 2. The van der Waals surface area contributed by atoms with E-state index in [2.05, 4.69) is 64.7 Å². The lowest BCUT2D eigenvalue weighted by Crippen LogP contribution is -2.50. The zero-order valence-corrected chi connectivity index (χ0v) is 30.2. The number of likely N-dealkylation sites (tertiary alicyclic amines) is 2. The number of hydrogen-bond donors (Lipinski definition) is 0. The van der Waals surface area contributed by atoms with E-state index in [0.29, 0.717) is 0 Å². The molecule has 8 aliphatic rings. The SMILES string of the molecule is CC1CCC2C(C1)C1C(C3CCCCC3C1[Si](C)(C)C1C3CCCCC3C3C1C1CC(C)CCC1N3C)N2C.CCC. The molecule has 6 saturated carbocycles. The first-order chi connectivity index (χ1) is 20.2. The standard InChI is InChI=1S/C36H62N2Si.C3H8/c1-21-15-17-29-27(19-21)31-33(37(29)3)23-11-7-9-13-25(23)35(31)39(5,6)36-26-14-10-8-12-24(26)34-32(36)28-20-22(2)16-18-30(28)38(34)4;1-3-2/h21-36H,7-20H2,1-6H3;3H2,1-2H3. The minimum Gasteiger partial charge on any atom is -0.300 e. The fourth-order valence-electron chi connectivity index (χ4n) is 15.3. The molecule has 0 aromatic rings. The van der Waals surface area contributed by atoms with Crippen molar-refractivity contribution in [3.05, 3.63) is 0 Å². The zero-order valence-electron chi connectivity index (χ0n) is 29.2. The topological polar surface area (TPSA) is 6.48 Å². The lowest BCUT2D eigenvalue weighted by molar-refractivity contribution is 0.105. The number of rotatable bonds is 2. The van der Waals surface area contributed by atoms with Gasteiger partial charge in [0.25, 0.3) is 0 Å². The van der Waals surface area contributed by atoms with E-state index in [1.54, 1.807) is 51.4 Å². The summed E-state index contributed by atoms with van der Waals surface area (Å²) in [5, 5.41) is 0. The summed E-state index contributed by atoms with van der Waals surface area (Å²) in [4.78, 5) is 6.11. The molecule has 8 fully saturated rings. The van der Waals surface area contributed by atoms with Crippen LogP contribution < -0.4 is 0 Å². The highest BCUT2D eigenvalue weighted by Crippen LogP contribution is 2.72. The van der Waals surface area contributed by atoms with Gasteiger partial charge in [-0.05, 0) is 136 Å². The quantitative estimate of drug-likeness (QED) is 0.294. The first kappa shape index (κ1) is 30.8. The summed E-state index contributed by atoms with van der Waals surface area (Å²) in [5.74, 6) is 10.3. The van der Waals surface area contributed by atoms with E-state index in [1.165, 1.54) is 44.9 Å². The van der Waals surface area contributed by atoms with Crippen molar-refractivity contribution in [1.82, 2.24) is 9.80 Å². The van der Waals surface area contributed by atoms with Crippen LogP contribution in [0.5, 0.6) is 0 Å². The van der Waals surface area contributed by atoms with Crippen LogP contribution in [0.1, 0.15) is 124 Å². The average molecular weight is 595 g/mol. The van der Waals surface area contributed by atoms with Gasteiger partial charge in [-0.15, -0.1) is 0 Å². The third kappa shape index (κ3) is 4.56. The maximum absolute atomic E-state index is 3.05. The fraction of sp³-hybridized carbons (Fsp3) is 1.00. The Morgan fingerprint density at radius 3 is 1.26 bits per heavy atom. The highest BCUT2D eigenvalue weighted by atomic mass is 28.3. The maximum Gasteiger partial charge on any atom is 0.0548 e.